The van der Waals surface area contributed by atoms with Crippen molar-refractivity contribution in [3.05, 3.63) is 71.6 Å². The van der Waals surface area contributed by atoms with Crippen LogP contribution in [0.1, 0.15) is 33.6 Å². The summed E-state index contributed by atoms with van der Waals surface area (Å²) >= 11 is 0. The molecule has 2 aromatic carbocycles. The number of hydrogen-bond donors (Lipinski definition) is 0. The van der Waals surface area contributed by atoms with Crippen LogP contribution in [0.2, 0.25) is 0 Å². The van der Waals surface area contributed by atoms with E-state index in [1.54, 1.807) is 29.2 Å². The number of halogens is 2. The third kappa shape index (κ3) is 3.75. The van der Waals surface area contributed by atoms with Gasteiger partial charge in [0.25, 0.3) is 5.91 Å². The fourth-order valence-corrected chi connectivity index (χ4v) is 3.55. The highest BCUT2D eigenvalue weighted by atomic mass is 19.1. The van der Waals surface area contributed by atoms with Crippen LogP contribution in [0.4, 0.5) is 8.78 Å². The summed E-state index contributed by atoms with van der Waals surface area (Å²) in [5.74, 6) is -2.46. The fraction of sp³-hybridized carbons (Fsp3) is 0.250. The van der Waals surface area contributed by atoms with Crippen molar-refractivity contribution in [2.75, 3.05) is 13.1 Å². The number of tetrazole rings is 1. The summed E-state index contributed by atoms with van der Waals surface area (Å²) in [6, 6.07) is 9.84. The van der Waals surface area contributed by atoms with Crippen LogP contribution in [0.15, 0.2) is 48.8 Å². The molecule has 1 aliphatic rings. The third-order valence-corrected chi connectivity index (χ3v) is 5.08. The first kappa shape index (κ1) is 18.9. The highest BCUT2D eigenvalue weighted by molar-refractivity contribution is 5.99. The van der Waals surface area contributed by atoms with Gasteiger partial charge in [-0.25, -0.2) is 8.78 Å². The van der Waals surface area contributed by atoms with Crippen molar-refractivity contribution in [2.24, 2.45) is 5.92 Å². The van der Waals surface area contributed by atoms with Gasteiger partial charge in [-0.3, -0.25) is 9.59 Å². The molecule has 148 valence electrons. The summed E-state index contributed by atoms with van der Waals surface area (Å²) in [6.45, 7) is 0.687. The Balaban J connectivity index is 1.47. The van der Waals surface area contributed by atoms with E-state index < -0.39 is 23.3 Å². The highest BCUT2D eigenvalue weighted by Crippen LogP contribution is 2.25. The van der Waals surface area contributed by atoms with Crippen LogP contribution in [-0.2, 0) is 0 Å². The molecule has 1 fully saturated rings. The summed E-state index contributed by atoms with van der Waals surface area (Å²) < 4.78 is 28.7. The summed E-state index contributed by atoms with van der Waals surface area (Å²) in [4.78, 5) is 27.3. The first-order valence-corrected chi connectivity index (χ1v) is 9.15. The number of Topliss-reactive ketones (excluding diaryl/α,β-unsaturated/α-hetero) is 1. The van der Waals surface area contributed by atoms with Gasteiger partial charge in [0, 0.05) is 19.0 Å². The van der Waals surface area contributed by atoms with E-state index in [0.717, 1.165) is 18.2 Å². The molecule has 2 heterocycles. The molecule has 0 saturated carbocycles. The van der Waals surface area contributed by atoms with Crippen LogP contribution in [0, 0.1) is 17.6 Å². The van der Waals surface area contributed by atoms with E-state index in [1.807, 2.05) is 0 Å². The Morgan fingerprint density at radius 1 is 1.00 bits per heavy atom. The van der Waals surface area contributed by atoms with Crippen molar-refractivity contribution in [1.29, 1.82) is 0 Å². The van der Waals surface area contributed by atoms with Gasteiger partial charge in [0.1, 0.15) is 18.0 Å². The number of piperidine rings is 1. The van der Waals surface area contributed by atoms with E-state index in [1.165, 1.54) is 11.0 Å². The SMILES string of the molecule is O=C(c1cc(F)ccc1F)C1CCN(C(=O)c2ccccc2-n2cnnn2)CC1. The van der Waals surface area contributed by atoms with Crippen molar-refractivity contribution >= 4 is 11.7 Å². The predicted octanol–water partition coefficient (Wildman–Crippen LogP) is 2.68. The van der Waals surface area contributed by atoms with Crippen molar-refractivity contribution in [1.82, 2.24) is 25.1 Å². The Hall–Kier alpha value is -3.49. The highest BCUT2D eigenvalue weighted by Gasteiger charge is 2.30. The number of nitrogens with zero attached hydrogens (tertiary/aromatic N) is 5. The van der Waals surface area contributed by atoms with Crippen LogP contribution in [0.25, 0.3) is 5.69 Å². The van der Waals surface area contributed by atoms with E-state index in [9.17, 15) is 18.4 Å². The number of carbonyl (C=O) groups is 2. The molecule has 9 heteroatoms. The van der Waals surface area contributed by atoms with Gasteiger partial charge in [-0.1, -0.05) is 12.1 Å². The van der Waals surface area contributed by atoms with Crippen molar-refractivity contribution < 1.29 is 18.4 Å². The quantitative estimate of drug-likeness (QED) is 0.633. The summed E-state index contributed by atoms with van der Waals surface area (Å²) in [5, 5.41) is 11.0. The number of hydrogen-bond acceptors (Lipinski definition) is 5. The maximum atomic E-state index is 13.9. The molecule has 0 aliphatic carbocycles. The topological polar surface area (TPSA) is 81.0 Å². The van der Waals surface area contributed by atoms with Crippen LogP contribution < -0.4 is 0 Å². The Bertz CT molecular complexity index is 1050. The lowest BCUT2D eigenvalue weighted by atomic mass is 9.88. The van der Waals surface area contributed by atoms with Gasteiger partial charge < -0.3 is 4.90 Å². The number of amides is 1. The zero-order valence-electron chi connectivity index (χ0n) is 15.3. The lowest BCUT2D eigenvalue weighted by molar-refractivity contribution is 0.0649. The molecule has 7 nitrogen and oxygen atoms in total. The summed E-state index contributed by atoms with van der Waals surface area (Å²) in [5.41, 5.74) is 0.766. The molecule has 3 aromatic rings. The molecule has 29 heavy (non-hydrogen) atoms. The molecule has 0 bridgehead atoms. The van der Waals surface area contributed by atoms with Gasteiger partial charge in [0.2, 0.25) is 0 Å². The molecule has 1 aliphatic heterocycles. The first-order chi connectivity index (χ1) is 14.0. The van der Waals surface area contributed by atoms with Gasteiger partial charge >= 0.3 is 0 Å². The third-order valence-electron chi connectivity index (χ3n) is 5.08. The largest absolute Gasteiger partial charge is 0.339 e. The number of carbonyl (C=O) groups excluding carboxylic acids is 2. The van der Waals surface area contributed by atoms with Gasteiger partial charge in [-0.05, 0) is 53.6 Å². The minimum Gasteiger partial charge on any atom is -0.339 e. The monoisotopic (exact) mass is 397 g/mol. The normalized spacial score (nSPS) is 14.8. The van der Waals surface area contributed by atoms with Crippen molar-refractivity contribution in [3.63, 3.8) is 0 Å². The molecule has 1 amide bonds. The summed E-state index contributed by atoms with van der Waals surface area (Å²) in [7, 11) is 0. The number of likely N-dealkylation sites (tertiary alicyclic amines) is 1. The standard InChI is InChI=1S/C20H17F2N5O2/c21-14-5-6-17(22)16(11-14)19(28)13-7-9-26(10-8-13)20(29)15-3-1-2-4-18(15)27-12-23-24-25-27/h1-6,11-13H,7-10H2. The molecule has 0 N–H and O–H groups in total. The zero-order valence-corrected chi connectivity index (χ0v) is 15.3. The van der Waals surface area contributed by atoms with Crippen LogP contribution in [0.5, 0.6) is 0 Å². The number of benzene rings is 2. The smallest absolute Gasteiger partial charge is 0.256 e. The molecular weight excluding hydrogens is 380 g/mol. The molecule has 0 radical (unpaired) electrons. The molecule has 0 spiro atoms. The molecule has 1 aromatic heterocycles. The number of para-hydroxylation sites is 1. The van der Waals surface area contributed by atoms with E-state index in [2.05, 4.69) is 15.5 Å². The van der Waals surface area contributed by atoms with Gasteiger partial charge in [-0.15, -0.1) is 5.10 Å². The van der Waals surface area contributed by atoms with Gasteiger partial charge in [0.05, 0.1) is 16.8 Å². The van der Waals surface area contributed by atoms with Crippen LogP contribution >= 0.6 is 0 Å². The van der Waals surface area contributed by atoms with Gasteiger partial charge in [-0.2, -0.15) is 4.68 Å². The molecule has 0 atom stereocenters. The van der Waals surface area contributed by atoms with Gasteiger partial charge in [0.15, 0.2) is 5.78 Å². The van der Waals surface area contributed by atoms with Crippen LogP contribution in [0.3, 0.4) is 0 Å². The molecule has 4 rings (SSSR count). The van der Waals surface area contributed by atoms with E-state index in [0.29, 0.717) is 37.2 Å². The minimum atomic E-state index is -0.731. The average Bonchev–Trinajstić information content (AvgIpc) is 3.29. The Kier molecular flexibility index (Phi) is 5.11. The first-order valence-electron chi connectivity index (χ1n) is 9.15. The van der Waals surface area contributed by atoms with E-state index >= 15 is 0 Å². The molecule has 1 saturated heterocycles. The van der Waals surface area contributed by atoms with Crippen molar-refractivity contribution in [3.8, 4) is 5.69 Å². The Morgan fingerprint density at radius 3 is 2.48 bits per heavy atom. The second-order valence-electron chi connectivity index (χ2n) is 6.83. The molecular formula is C20H17F2N5O2. The van der Waals surface area contributed by atoms with Crippen molar-refractivity contribution in [2.45, 2.75) is 12.8 Å². The number of aromatic nitrogens is 4. The average molecular weight is 397 g/mol. The van der Waals surface area contributed by atoms with E-state index in [4.69, 9.17) is 0 Å². The van der Waals surface area contributed by atoms with Crippen LogP contribution in [-0.4, -0.2) is 49.9 Å². The summed E-state index contributed by atoms with van der Waals surface area (Å²) in [6.07, 6.45) is 2.17. The minimum absolute atomic E-state index is 0.195. The lowest BCUT2D eigenvalue weighted by Crippen LogP contribution is -2.40. The number of ketones is 1. The molecule has 0 unspecified atom stereocenters. The second kappa shape index (κ2) is 7.86. The zero-order chi connectivity index (χ0) is 20.4. The Morgan fingerprint density at radius 2 is 1.76 bits per heavy atom. The lowest BCUT2D eigenvalue weighted by Gasteiger charge is -2.31. The maximum absolute atomic E-state index is 13.9. The fourth-order valence-electron chi connectivity index (χ4n) is 3.55. The second-order valence-corrected chi connectivity index (χ2v) is 6.83. The van der Waals surface area contributed by atoms with E-state index in [-0.39, 0.29) is 11.5 Å². The Labute approximate surface area is 164 Å². The maximum Gasteiger partial charge on any atom is 0.256 e. The predicted molar refractivity (Wildman–Crippen MR) is 98.5 cm³/mol. The number of rotatable bonds is 4.